The average Bonchev–Trinajstić information content (AvgIpc) is 3.39. The molecule has 0 N–H and O–H groups in total. The van der Waals surface area contributed by atoms with E-state index in [2.05, 4.69) is 82.4 Å². The number of morpholine rings is 1. The molecule has 3 heterocycles. The number of hydrogen-bond donors (Lipinski definition) is 0. The first kappa shape index (κ1) is 36.9. The Labute approximate surface area is 303 Å². The third-order valence-corrected chi connectivity index (χ3v) is 14.8. The minimum atomic E-state index is -1.28. The molecular weight excluding hydrogens is 717 g/mol. The van der Waals surface area contributed by atoms with Crippen molar-refractivity contribution < 1.29 is 19.0 Å². The van der Waals surface area contributed by atoms with Crippen LogP contribution in [0, 0.1) is 11.3 Å². The summed E-state index contributed by atoms with van der Waals surface area (Å²) in [6.07, 6.45) is 3.29. The van der Waals surface area contributed by atoms with Crippen LogP contribution >= 0.6 is 15.9 Å². The zero-order valence-electron chi connectivity index (χ0n) is 31.2. The molecule has 0 bridgehead atoms. The molecule has 1 aromatic carbocycles. The summed E-state index contributed by atoms with van der Waals surface area (Å²) >= 11 is 3.85. The van der Waals surface area contributed by atoms with Crippen molar-refractivity contribution in [3.63, 3.8) is 0 Å². The zero-order valence-corrected chi connectivity index (χ0v) is 34.8. The van der Waals surface area contributed by atoms with E-state index in [4.69, 9.17) is 24.3 Å². The number of ether oxygens (including phenoxy) is 3. The fraction of sp³-hybridized carbons (Fsp3) is 0.694. The summed E-state index contributed by atoms with van der Waals surface area (Å²) in [7, 11) is -0.608. The Morgan fingerprint density at radius 1 is 1.08 bits per heavy atom. The number of nitrogens with zero attached hydrogens (tertiary/aromatic N) is 6. The summed E-state index contributed by atoms with van der Waals surface area (Å²) in [5, 5.41) is 5.27. The van der Waals surface area contributed by atoms with Crippen molar-refractivity contribution >= 4 is 54.7 Å². The first-order valence-electron chi connectivity index (χ1n) is 18.1. The molecule has 3 aromatic rings. The van der Waals surface area contributed by atoms with E-state index in [9.17, 15) is 4.79 Å². The number of likely N-dealkylation sites (N-methyl/N-ethyl adjacent to an activating group) is 1. The Balaban J connectivity index is 1.37. The van der Waals surface area contributed by atoms with E-state index < -0.39 is 16.1 Å². The van der Waals surface area contributed by atoms with E-state index in [-0.39, 0.29) is 11.9 Å². The number of imidazole rings is 1. The number of fused-ring (bicyclic) bond motifs is 3. The average molecular weight is 774 g/mol. The molecule has 1 saturated carbocycles. The topological polar surface area (TPSA) is 86.9 Å². The van der Waals surface area contributed by atoms with Gasteiger partial charge in [-0.2, -0.15) is 5.10 Å². The number of anilines is 1. The first-order valence-corrected chi connectivity index (χ1v) is 26.3. The molecule has 2 fully saturated rings. The van der Waals surface area contributed by atoms with E-state index in [0.717, 1.165) is 77.3 Å². The molecule has 2 aromatic heterocycles. The van der Waals surface area contributed by atoms with Gasteiger partial charge in [0, 0.05) is 70.9 Å². The lowest BCUT2D eigenvalue weighted by Gasteiger charge is -2.33. The van der Waals surface area contributed by atoms with Crippen molar-refractivity contribution in [1.82, 2.24) is 24.2 Å². The summed E-state index contributed by atoms with van der Waals surface area (Å²) < 4.78 is 23.4. The molecule has 0 spiro atoms. The van der Waals surface area contributed by atoms with Gasteiger partial charge in [-0.05, 0) is 77.7 Å². The maximum atomic E-state index is 13.8. The second-order valence-electron chi connectivity index (χ2n) is 17.3. The Morgan fingerprint density at radius 3 is 2.39 bits per heavy atom. The third kappa shape index (κ3) is 8.28. The second-order valence-corrected chi connectivity index (χ2v) is 29.4. The quantitative estimate of drug-likeness (QED) is 0.128. The van der Waals surface area contributed by atoms with Crippen LogP contribution in [0.3, 0.4) is 0 Å². The van der Waals surface area contributed by atoms with Gasteiger partial charge < -0.3 is 19.1 Å². The number of hydrogen-bond acceptors (Lipinski definition) is 7. The Hall–Kier alpha value is -1.88. The highest BCUT2D eigenvalue weighted by Gasteiger charge is 2.54. The van der Waals surface area contributed by atoms with Crippen molar-refractivity contribution in [2.45, 2.75) is 104 Å². The first-order chi connectivity index (χ1) is 23.0. The number of rotatable bonds is 14. The number of halogens is 1. The van der Waals surface area contributed by atoms with Crippen LogP contribution < -0.4 is 4.90 Å². The molecule has 6 rings (SSSR count). The van der Waals surface area contributed by atoms with E-state index in [0.29, 0.717) is 44.6 Å². The van der Waals surface area contributed by atoms with E-state index in [1.165, 1.54) is 17.7 Å². The van der Waals surface area contributed by atoms with Crippen LogP contribution in [0.4, 0.5) is 5.69 Å². The molecule has 10 nitrogen and oxygen atoms in total. The van der Waals surface area contributed by atoms with Gasteiger partial charge in [-0.3, -0.25) is 14.3 Å². The van der Waals surface area contributed by atoms with Gasteiger partial charge >= 0.3 is 0 Å². The van der Waals surface area contributed by atoms with Crippen LogP contribution in [0.1, 0.15) is 31.5 Å². The maximum absolute atomic E-state index is 13.8. The van der Waals surface area contributed by atoms with E-state index in [1.807, 2.05) is 20.0 Å². The standard InChI is InChI=1S/C36H57BrN6O4Si2/c1-25(41-10-12-45-13-11-41)35(44)40(3)27-19-29(37)33-30(20-27)42(23-46-14-16-48(4,5)6)34(38-33)32-28-18-26-21-36(26,2)22-31(28)43(39-32)24-47-15-17-49(7,8)9/h19-20,25-26H,10-18,21-24H2,1-9H3/t25-,26+,36+/m0/s1. The van der Waals surface area contributed by atoms with Crippen molar-refractivity contribution in [2.75, 3.05) is 51.5 Å². The summed E-state index contributed by atoms with van der Waals surface area (Å²) in [6, 6.07) is 6.07. The van der Waals surface area contributed by atoms with Gasteiger partial charge in [0.15, 0.2) is 5.82 Å². The molecule has 1 saturated heterocycles. The van der Waals surface area contributed by atoms with E-state index in [1.54, 1.807) is 4.90 Å². The number of amides is 1. The van der Waals surface area contributed by atoms with Crippen LogP contribution in [0.5, 0.6) is 0 Å². The van der Waals surface area contributed by atoms with Gasteiger partial charge in [-0.1, -0.05) is 46.2 Å². The Bertz CT molecular complexity index is 1670. The monoisotopic (exact) mass is 772 g/mol. The van der Waals surface area contributed by atoms with Crippen LogP contribution in [0.15, 0.2) is 16.6 Å². The van der Waals surface area contributed by atoms with Crippen molar-refractivity contribution in [1.29, 1.82) is 0 Å². The van der Waals surface area contributed by atoms with E-state index >= 15 is 0 Å². The van der Waals surface area contributed by atoms with Gasteiger partial charge in [0.05, 0.1) is 24.8 Å². The van der Waals surface area contributed by atoms with Gasteiger partial charge in [-0.25, -0.2) is 9.67 Å². The number of benzene rings is 1. The molecule has 1 amide bonds. The van der Waals surface area contributed by atoms with Crippen LogP contribution in [0.2, 0.25) is 51.4 Å². The smallest absolute Gasteiger partial charge is 0.243 e. The number of carbonyl (C=O) groups excluding carboxylic acids is 1. The minimum absolute atomic E-state index is 0.0558. The van der Waals surface area contributed by atoms with Gasteiger partial charge in [-0.15, -0.1) is 0 Å². The SMILES string of the molecule is C[C@@H](C(=O)N(C)c1cc(Br)c2nc(-c3nn(COCC[Si](C)(C)C)c4c3C[C@@H]3C[C@]3(C)C4)n(COCC[Si](C)(C)C)c2c1)N1CCOCC1. The zero-order chi connectivity index (χ0) is 35.3. The maximum Gasteiger partial charge on any atom is 0.243 e. The Morgan fingerprint density at radius 2 is 1.73 bits per heavy atom. The lowest BCUT2D eigenvalue weighted by molar-refractivity contribution is -0.124. The van der Waals surface area contributed by atoms with Gasteiger partial charge in [0.1, 0.15) is 24.7 Å². The molecule has 3 aliphatic rings. The molecule has 270 valence electrons. The number of aromatic nitrogens is 4. The van der Waals surface area contributed by atoms with Gasteiger partial charge in [0.2, 0.25) is 5.91 Å². The molecule has 1 aliphatic heterocycles. The highest BCUT2D eigenvalue weighted by molar-refractivity contribution is 9.10. The second kappa shape index (κ2) is 14.3. The van der Waals surface area contributed by atoms with Crippen molar-refractivity contribution in [2.24, 2.45) is 11.3 Å². The molecule has 49 heavy (non-hydrogen) atoms. The molecular formula is C36H57BrN6O4Si2. The van der Waals surface area contributed by atoms with Crippen LogP contribution in [-0.2, 0) is 45.3 Å². The fourth-order valence-electron chi connectivity index (χ4n) is 7.17. The highest BCUT2D eigenvalue weighted by Crippen LogP contribution is 2.60. The summed E-state index contributed by atoms with van der Waals surface area (Å²) in [5.74, 6) is 1.56. The highest BCUT2D eigenvalue weighted by atomic mass is 79.9. The molecule has 0 unspecified atom stereocenters. The number of carbonyl (C=O) groups is 1. The summed E-state index contributed by atoms with van der Waals surface area (Å²) in [4.78, 5) is 23.0. The largest absolute Gasteiger partial charge is 0.379 e. The van der Waals surface area contributed by atoms with Crippen molar-refractivity contribution in [3.8, 4) is 11.5 Å². The molecule has 2 aliphatic carbocycles. The Kier molecular flexibility index (Phi) is 10.7. The van der Waals surface area contributed by atoms with Crippen LogP contribution in [-0.4, -0.2) is 98.9 Å². The lowest BCUT2D eigenvalue weighted by Crippen LogP contribution is -2.50. The van der Waals surface area contributed by atoms with Crippen molar-refractivity contribution in [3.05, 3.63) is 27.9 Å². The molecule has 0 radical (unpaired) electrons. The summed E-state index contributed by atoms with van der Waals surface area (Å²) in [6.45, 7) is 23.8. The third-order valence-electron chi connectivity index (χ3n) is 10.8. The van der Waals surface area contributed by atoms with Gasteiger partial charge in [0.25, 0.3) is 0 Å². The fourth-order valence-corrected chi connectivity index (χ4v) is 9.21. The lowest BCUT2D eigenvalue weighted by atomic mass is 9.87. The predicted octanol–water partition coefficient (Wildman–Crippen LogP) is 7.10. The summed E-state index contributed by atoms with van der Waals surface area (Å²) in [5.41, 5.74) is 6.46. The normalized spacial score (nSPS) is 21.9. The van der Waals surface area contributed by atoms with Crippen LogP contribution in [0.25, 0.3) is 22.6 Å². The molecule has 13 heteroatoms. The minimum Gasteiger partial charge on any atom is -0.379 e. The molecule has 3 atom stereocenters. The predicted molar refractivity (Wildman–Crippen MR) is 206 cm³/mol.